The summed E-state index contributed by atoms with van der Waals surface area (Å²) in [4.78, 5) is 15.3. The molecule has 0 saturated heterocycles. The number of halogens is 1. The maximum atomic E-state index is 11.3. The summed E-state index contributed by atoms with van der Waals surface area (Å²) in [5.41, 5.74) is 7.24. The van der Waals surface area contributed by atoms with Crippen molar-refractivity contribution in [3.63, 3.8) is 0 Å². The maximum absolute atomic E-state index is 11.3. The number of aromatic nitrogens is 1. The maximum Gasteiger partial charge on any atom is 0.341 e. The molecule has 14 heavy (non-hydrogen) atoms. The van der Waals surface area contributed by atoms with Gasteiger partial charge in [-0.2, -0.15) is 0 Å². The molecule has 0 radical (unpaired) electrons. The number of rotatable bonds is 3. The summed E-state index contributed by atoms with van der Waals surface area (Å²) in [6, 6.07) is 0. The smallest absolute Gasteiger partial charge is 0.341 e. The second kappa shape index (κ2) is 4.97. The lowest BCUT2D eigenvalue weighted by Gasteiger charge is -2.01. The molecule has 0 fully saturated rings. The molecule has 0 aliphatic carbocycles. The number of anilines is 1. The van der Waals surface area contributed by atoms with Crippen LogP contribution in [0.15, 0.2) is 10.9 Å². The predicted octanol–water partition coefficient (Wildman–Crippen LogP) is 1.87. The van der Waals surface area contributed by atoms with Crippen molar-refractivity contribution in [2.75, 3.05) is 12.3 Å². The van der Waals surface area contributed by atoms with Crippen molar-refractivity contribution in [3.05, 3.63) is 16.6 Å². The van der Waals surface area contributed by atoms with Gasteiger partial charge in [0.1, 0.15) is 0 Å². The Bertz CT molecular complexity index is 362. The third-order valence-corrected chi connectivity index (χ3v) is 2.29. The van der Waals surface area contributed by atoms with E-state index in [0.717, 1.165) is 5.54 Å². The first-order chi connectivity index (χ1) is 6.69. The number of hydrogen-bond acceptors (Lipinski definition) is 5. The van der Waals surface area contributed by atoms with E-state index in [0.29, 0.717) is 17.4 Å². The summed E-state index contributed by atoms with van der Waals surface area (Å²) in [6.07, 6.45) is 0. The number of hydrogen-bond donors (Lipinski definition) is 1. The zero-order chi connectivity index (χ0) is 10.6. The van der Waals surface area contributed by atoms with Gasteiger partial charge in [-0.1, -0.05) is 11.6 Å². The second-order valence-electron chi connectivity index (χ2n) is 2.31. The number of nitrogen functional groups attached to an aromatic ring is 1. The number of ether oxygens (including phenoxy) is 1. The second-order valence-corrected chi connectivity index (χ2v) is 3.42. The van der Waals surface area contributed by atoms with Crippen molar-refractivity contribution >= 4 is 39.6 Å². The van der Waals surface area contributed by atoms with Crippen LogP contribution in [0.1, 0.15) is 12.6 Å². The topological polar surface area (TPSA) is 65.2 Å². The van der Waals surface area contributed by atoms with Crippen LogP contribution in [0, 0.1) is 0 Å². The number of thiazole rings is 1. The minimum atomic E-state index is -0.493. The van der Waals surface area contributed by atoms with E-state index in [2.05, 4.69) is 4.98 Å². The number of carbonyl (C=O) groups is 1. The van der Waals surface area contributed by atoms with Gasteiger partial charge in [-0.15, -0.1) is 11.3 Å². The molecular weight excluding hydrogens is 224 g/mol. The molecule has 0 aliphatic rings. The normalized spacial score (nSPS) is 11.4. The Morgan fingerprint density at radius 1 is 1.86 bits per heavy atom. The number of nitrogens with zero attached hydrogens (tertiary/aromatic N) is 1. The molecule has 1 rings (SSSR count). The Balaban J connectivity index is 2.88. The van der Waals surface area contributed by atoms with Crippen molar-refractivity contribution in [2.24, 2.45) is 0 Å². The van der Waals surface area contributed by atoms with E-state index < -0.39 is 5.97 Å². The van der Waals surface area contributed by atoms with Crippen molar-refractivity contribution < 1.29 is 9.53 Å². The van der Waals surface area contributed by atoms with Crippen LogP contribution < -0.4 is 5.73 Å². The molecular formula is C8H9ClN2O2S. The Morgan fingerprint density at radius 3 is 3.00 bits per heavy atom. The first kappa shape index (κ1) is 11.0. The van der Waals surface area contributed by atoms with Gasteiger partial charge in [-0.25, -0.2) is 9.78 Å². The largest absolute Gasteiger partial charge is 0.462 e. The third kappa shape index (κ3) is 2.46. The standard InChI is InChI=1S/C8H9ClN2O2S/c1-2-13-7(12)5(3-9)6-4-14-8(10)11-6/h3-4H,2H2,1H3,(H2,10,11). The van der Waals surface area contributed by atoms with E-state index >= 15 is 0 Å². The van der Waals surface area contributed by atoms with Crippen LogP contribution in [0.3, 0.4) is 0 Å². The van der Waals surface area contributed by atoms with Gasteiger partial charge in [0.15, 0.2) is 5.13 Å². The van der Waals surface area contributed by atoms with Crippen LogP contribution in [0.5, 0.6) is 0 Å². The van der Waals surface area contributed by atoms with E-state index in [-0.39, 0.29) is 5.57 Å². The first-order valence-electron chi connectivity index (χ1n) is 3.88. The van der Waals surface area contributed by atoms with Gasteiger partial charge in [0, 0.05) is 10.9 Å². The molecule has 6 heteroatoms. The average Bonchev–Trinajstić information content (AvgIpc) is 2.54. The molecule has 0 aromatic carbocycles. The molecule has 0 bridgehead atoms. The highest BCUT2D eigenvalue weighted by Gasteiger charge is 2.15. The van der Waals surface area contributed by atoms with E-state index in [1.165, 1.54) is 11.3 Å². The van der Waals surface area contributed by atoms with Crippen molar-refractivity contribution in [3.8, 4) is 0 Å². The van der Waals surface area contributed by atoms with Gasteiger partial charge in [0.2, 0.25) is 0 Å². The lowest BCUT2D eigenvalue weighted by molar-refractivity contribution is -0.136. The highest BCUT2D eigenvalue weighted by molar-refractivity contribution is 7.13. The Labute approximate surface area is 90.3 Å². The fourth-order valence-corrected chi connectivity index (χ4v) is 1.59. The molecule has 0 aliphatic heterocycles. The Morgan fingerprint density at radius 2 is 2.57 bits per heavy atom. The fourth-order valence-electron chi connectivity index (χ4n) is 0.825. The molecule has 0 unspecified atom stereocenters. The van der Waals surface area contributed by atoms with E-state index in [1.54, 1.807) is 12.3 Å². The summed E-state index contributed by atoms with van der Waals surface area (Å²) in [5, 5.41) is 2.04. The highest BCUT2D eigenvalue weighted by atomic mass is 35.5. The number of esters is 1. The molecule has 0 atom stereocenters. The fraction of sp³-hybridized carbons (Fsp3) is 0.250. The van der Waals surface area contributed by atoms with Gasteiger partial charge in [-0.05, 0) is 6.92 Å². The highest BCUT2D eigenvalue weighted by Crippen LogP contribution is 2.21. The van der Waals surface area contributed by atoms with Gasteiger partial charge >= 0.3 is 5.97 Å². The van der Waals surface area contributed by atoms with Crippen LogP contribution in [0.2, 0.25) is 0 Å². The first-order valence-corrected chi connectivity index (χ1v) is 5.19. The number of carbonyl (C=O) groups excluding carboxylic acids is 1. The van der Waals surface area contributed by atoms with E-state index in [4.69, 9.17) is 22.1 Å². The molecule has 2 N–H and O–H groups in total. The van der Waals surface area contributed by atoms with Gasteiger partial charge in [-0.3, -0.25) is 0 Å². The summed E-state index contributed by atoms with van der Waals surface area (Å²) < 4.78 is 4.79. The van der Waals surface area contributed by atoms with Gasteiger partial charge < -0.3 is 10.5 Å². The molecule has 1 aromatic rings. The molecule has 1 heterocycles. The monoisotopic (exact) mass is 232 g/mol. The average molecular weight is 233 g/mol. The van der Waals surface area contributed by atoms with Gasteiger partial charge in [0.05, 0.1) is 17.9 Å². The molecule has 4 nitrogen and oxygen atoms in total. The van der Waals surface area contributed by atoms with E-state index in [1.807, 2.05) is 0 Å². The SMILES string of the molecule is CCOC(=O)C(=CCl)c1csc(N)n1. The van der Waals surface area contributed by atoms with Gasteiger partial charge in [0.25, 0.3) is 0 Å². The summed E-state index contributed by atoms with van der Waals surface area (Å²) in [6.45, 7) is 2.02. The van der Waals surface area contributed by atoms with Crippen LogP contribution in [0.4, 0.5) is 5.13 Å². The third-order valence-electron chi connectivity index (χ3n) is 1.40. The quantitative estimate of drug-likeness (QED) is 0.638. The van der Waals surface area contributed by atoms with Crippen molar-refractivity contribution in [1.29, 1.82) is 0 Å². The van der Waals surface area contributed by atoms with Crippen LogP contribution in [0.25, 0.3) is 5.57 Å². The predicted molar refractivity (Wildman–Crippen MR) is 57.0 cm³/mol. The lowest BCUT2D eigenvalue weighted by atomic mass is 10.2. The van der Waals surface area contributed by atoms with Crippen LogP contribution in [-0.2, 0) is 9.53 Å². The van der Waals surface area contributed by atoms with Crippen LogP contribution >= 0.6 is 22.9 Å². The van der Waals surface area contributed by atoms with E-state index in [9.17, 15) is 4.79 Å². The molecule has 1 aromatic heterocycles. The molecule has 0 amide bonds. The van der Waals surface area contributed by atoms with Crippen molar-refractivity contribution in [1.82, 2.24) is 4.98 Å². The number of nitrogens with two attached hydrogens (primary N) is 1. The minimum absolute atomic E-state index is 0.224. The lowest BCUT2D eigenvalue weighted by Crippen LogP contribution is -2.06. The molecule has 76 valence electrons. The molecule has 0 spiro atoms. The summed E-state index contributed by atoms with van der Waals surface area (Å²) >= 11 is 6.75. The Hall–Kier alpha value is -1.07. The van der Waals surface area contributed by atoms with Crippen LogP contribution in [-0.4, -0.2) is 17.6 Å². The zero-order valence-corrected chi connectivity index (χ0v) is 9.06. The zero-order valence-electron chi connectivity index (χ0n) is 7.49. The minimum Gasteiger partial charge on any atom is -0.462 e. The summed E-state index contributed by atoms with van der Waals surface area (Å²) in [7, 11) is 0. The summed E-state index contributed by atoms with van der Waals surface area (Å²) in [5.74, 6) is -0.493. The molecule has 0 saturated carbocycles. The Kier molecular flexibility index (Phi) is 3.91. The van der Waals surface area contributed by atoms with Crippen molar-refractivity contribution in [2.45, 2.75) is 6.92 Å².